The van der Waals surface area contributed by atoms with Crippen LogP contribution in [-0.2, 0) is 4.79 Å². The first-order valence-electron chi connectivity index (χ1n) is 7.17. The van der Waals surface area contributed by atoms with E-state index in [9.17, 15) is 9.90 Å². The van der Waals surface area contributed by atoms with Gasteiger partial charge in [0.25, 0.3) is 0 Å². The zero-order valence-corrected chi connectivity index (χ0v) is 13.1. The molecule has 2 aromatic carbocycles. The van der Waals surface area contributed by atoms with Gasteiger partial charge in [-0.1, -0.05) is 23.7 Å². The van der Waals surface area contributed by atoms with E-state index in [0.717, 1.165) is 0 Å². The van der Waals surface area contributed by atoms with Crippen LogP contribution in [0.15, 0.2) is 42.5 Å². The van der Waals surface area contributed by atoms with Crippen molar-refractivity contribution >= 4 is 17.6 Å². The fraction of sp³-hybridized carbons (Fsp3) is 0.235. The molecule has 2 unspecified atom stereocenters. The average Bonchev–Trinajstić information content (AvgIpc) is 2.55. The Morgan fingerprint density at radius 2 is 1.91 bits per heavy atom. The monoisotopic (exact) mass is 334 g/mol. The SMILES string of the molecule is CCOc1ccc(Cl)cc1C1Oc2ccccc2OC1C(=O)O. The fourth-order valence-corrected chi connectivity index (χ4v) is 2.66. The van der Waals surface area contributed by atoms with E-state index in [0.29, 0.717) is 34.4 Å². The second-order valence-corrected chi connectivity index (χ2v) is 5.41. The van der Waals surface area contributed by atoms with Crippen LogP contribution < -0.4 is 14.2 Å². The molecule has 0 saturated heterocycles. The molecule has 0 spiro atoms. The molecule has 1 aliphatic heterocycles. The van der Waals surface area contributed by atoms with E-state index in [1.807, 2.05) is 6.92 Å². The van der Waals surface area contributed by atoms with E-state index in [2.05, 4.69) is 0 Å². The Hall–Kier alpha value is -2.40. The normalized spacial score (nSPS) is 19.2. The van der Waals surface area contributed by atoms with Gasteiger partial charge in [0.1, 0.15) is 5.75 Å². The molecule has 1 N–H and O–H groups in total. The van der Waals surface area contributed by atoms with Crippen LogP contribution >= 0.6 is 11.6 Å². The lowest BCUT2D eigenvalue weighted by Gasteiger charge is -2.32. The summed E-state index contributed by atoms with van der Waals surface area (Å²) in [6.45, 7) is 2.29. The van der Waals surface area contributed by atoms with Crippen molar-refractivity contribution in [2.45, 2.75) is 19.1 Å². The van der Waals surface area contributed by atoms with Gasteiger partial charge in [-0.3, -0.25) is 0 Å². The number of rotatable bonds is 4. The van der Waals surface area contributed by atoms with E-state index < -0.39 is 18.2 Å². The Morgan fingerprint density at radius 1 is 1.22 bits per heavy atom. The molecule has 2 aromatic rings. The van der Waals surface area contributed by atoms with Gasteiger partial charge in [-0.05, 0) is 37.3 Å². The molecule has 5 nitrogen and oxygen atoms in total. The van der Waals surface area contributed by atoms with Crippen molar-refractivity contribution < 1.29 is 24.1 Å². The van der Waals surface area contributed by atoms with Gasteiger partial charge in [-0.25, -0.2) is 4.79 Å². The molecule has 23 heavy (non-hydrogen) atoms. The third kappa shape index (κ3) is 3.05. The van der Waals surface area contributed by atoms with Crippen molar-refractivity contribution in [2.24, 2.45) is 0 Å². The van der Waals surface area contributed by atoms with Crippen LogP contribution in [-0.4, -0.2) is 23.8 Å². The van der Waals surface area contributed by atoms with Crippen molar-refractivity contribution in [1.82, 2.24) is 0 Å². The van der Waals surface area contributed by atoms with Gasteiger partial charge in [0, 0.05) is 10.6 Å². The first-order chi connectivity index (χ1) is 11.1. The lowest BCUT2D eigenvalue weighted by atomic mass is 10.0. The smallest absolute Gasteiger partial charge is 0.349 e. The Balaban J connectivity index is 2.06. The number of carbonyl (C=O) groups is 1. The maximum atomic E-state index is 11.6. The summed E-state index contributed by atoms with van der Waals surface area (Å²) < 4.78 is 17.1. The molecular weight excluding hydrogens is 320 g/mol. The highest BCUT2D eigenvalue weighted by atomic mass is 35.5. The second kappa shape index (κ2) is 6.38. The maximum Gasteiger partial charge on any atom is 0.349 e. The number of carboxylic acids is 1. The van der Waals surface area contributed by atoms with E-state index in [-0.39, 0.29) is 0 Å². The number of hydrogen-bond donors (Lipinski definition) is 1. The van der Waals surface area contributed by atoms with Crippen LogP contribution in [0.25, 0.3) is 0 Å². The Labute approximate surface area is 138 Å². The first kappa shape index (κ1) is 15.5. The molecule has 0 amide bonds. The highest BCUT2D eigenvalue weighted by Crippen LogP contribution is 2.42. The summed E-state index contributed by atoms with van der Waals surface area (Å²) in [5, 5.41) is 9.97. The molecule has 0 radical (unpaired) electrons. The molecule has 0 aromatic heterocycles. The molecule has 120 valence electrons. The molecule has 3 rings (SSSR count). The number of para-hydroxylation sites is 2. The van der Waals surface area contributed by atoms with Gasteiger partial charge in [0.05, 0.1) is 6.61 Å². The summed E-state index contributed by atoms with van der Waals surface area (Å²) >= 11 is 6.06. The third-order valence-corrected chi connectivity index (χ3v) is 3.69. The van der Waals surface area contributed by atoms with Gasteiger partial charge < -0.3 is 19.3 Å². The standard InChI is InChI=1S/C17H15ClO5/c1-2-21-12-8-7-10(18)9-11(12)15-16(17(19)20)23-14-6-4-3-5-13(14)22-15/h3-9,15-16H,2H2,1H3,(H,19,20). The molecule has 0 saturated carbocycles. The third-order valence-electron chi connectivity index (χ3n) is 3.45. The van der Waals surface area contributed by atoms with Gasteiger partial charge in [0.15, 0.2) is 17.6 Å². The fourth-order valence-electron chi connectivity index (χ4n) is 2.48. The zero-order chi connectivity index (χ0) is 16.4. The van der Waals surface area contributed by atoms with Crippen LogP contribution in [0, 0.1) is 0 Å². The second-order valence-electron chi connectivity index (χ2n) is 4.98. The minimum atomic E-state index is -1.19. The van der Waals surface area contributed by atoms with E-state index in [1.54, 1.807) is 42.5 Å². The van der Waals surface area contributed by atoms with E-state index in [4.69, 9.17) is 25.8 Å². The zero-order valence-electron chi connectivity index (χ0n) is 12.4. The summed E-state index contributed by atoms with van der Waals surface area (Å²) in [6.07, 6.45) is -2.05. The highest BCUT2D eigenvalue weighted by Gasteiger charge is 2.39. The predicted molar refractivity (Wildman–Crippen MR) is 84.5 cm³/mol. The lowest BCUT2D eigenvalue weighted by molar-refractivity contribution is -0.151. The van der Waals surface area contributed by atoms with Crippen LogP contribution in [0.5, 0.6) is 17.2 Å². The molecule has 1 aliphatic rings. The quantitative estimate of drug-likeness (QED) is 0.923. The Bertz CT molecular complexity index is 731. The van der Waals surface area contributed by atoms with E-state index in [1.165, 1.54) is 0 Å². The van der Waals surface area contributed by atoms with Crippen molar-refractivity contribution in [2.75, 3.05) is 6.61 Å². The van der Waals surface area contributed by atoms with Gasteiger partial charge in [-0.2, -0.15) is 0 Å². The van der Waals surface area contributed by atoms with Crippen molar-refractivity contribution in [3.8, 4) is 17.2 Å². The van der Waals surface area contributed by atoms with Gasteiger partial charge >= 0.3 is 5.97 Å². The number of halogens is 1. The Kier molecular flexibility index (Phi) is 4.30. The first-order valence-corrected chi connectivity index (χ1v) is 7.55. The summed E-state index contributed by atoms with van der Waals surface area (Å²) in [7, 11) is 0. The molecular formula is C17H15ClO5. The summed E-state index contributed by atoms with van der Waals surface area (Å²) in [5.41, 5.74) is 0.543. The molecule has 6 heteroatoms. The summed E-state index contributed by atoms with van der Waals surface area (Å²) in [5.74, 6) is 0.289. The lowest BCUT2D eigenvalue weighted by Crippen LogP contribution is -2.39. The number of fused-ring (bicyclic) bond motifs is 1. The molecule has 0 fully saturated rings. The maximum absolute atomic E-state index is 11.6. The number of hydrogen-bond acceptors (Lipinski definition) is 4. The van der Waals surface area contributed by atoms with Crippen molar-refractivity contribution in [3.05, 3.63) is 53.1 Å². The minimum absolute atomic E-state index is 0.399. The van der Waals surface area contributed by atoms with Crippen molar-refractivity contribution in [1.29, 1.82) is 0 Å². The molecule has 0 bridgehead atoms. The number of benzene rings is 2. The summed E-state index contributed by atoms with van der Waals surface area (Å²) in [4.78, 5) is 11.6. The van der Waals surface area contributed by atoms with Crippen LogP contribution in [0.2, 0.25) is 5.02 Å². The topological polar surface area (TPSA) is 65.0 Å². The minimum Gasteiger partial charge on any atom is -0.493 e. The van der Waals surface area contributed by atoms with Crippen molar-refractivity contribution in [3.63, 3.8) is 0 Å². The predicted octanol–water partition coefficient (Wildman–Crippen LogP) is 3.70. The summed E-state index contributed by atoms with van der Waals surface area (Å²) in [6, 6.07) is 12.0. The number of carboxylic acid groups (broad SMARTS) is 1. The van der Waals surface area contributed by atoms with E-state index >= 15 is 0 Å². The van der Waals surface area contributed by atoms with Crippen LogP contribution in [0.4, 0.5) is 0 Å². The number of aliphatic carboxylic acids is 1. The van der Waals surface area contributed by atoms with Crippen LogP contribution in [0.1, 0.15) is 18.6 Å². The van der Waals surface area contributed by atoms with Gasteiger partial charge in [0.2, 0.25) is 6.10 Å². The largest absolute Gasteiger partial charge is 0.493 e. The van der Waals surface area contributed by atoms with Crippen LogP contribution in [0.3, 0.4) is 0 Å². The Morgan fingerprint density at radius 3 is 2.57 bits per heavy atom. The highest BCUT2D eigenvalue weighted by molar-refractivity contribution is 6.30. The average molecular weight is 335 g/mol. The molecule has 1 heterocycles. The molecule has 0 aliphatic carbocycles. The van der Waals surface area contributed by atoms with Gasteiger partial charge in [-0.15, -0.1) is 0 Å². The number of ether oxygens (including phenoxy) is 3. The molecule has 2 atom stereocenters.